The summed E-state index contributed by atoms with van der Waals surface area (Å²) >= 11 is 0.00723. The third-order valence-corrected chi connectivity index (χ3v) is 4.08. The lowest BCUT2D eigenvalue weighted by Gasteiger charge is -2.19. The summed E-state index contributed by atoms with van der Waals surface area (Å²) in [6.45, 7) is 0. The lowest BCUT2D eigenvalue weighted by atomic mass is 10.0. The molecule has 0 atom stereocenters. The van der Waals surface area contributed by atoms with E-state index < -0.39 is 0 Å². The number of hydrogen-bond acceptors (Lipinski definition) is 1. The van der Waals surface area contributed by atoms with Crippen molar-refractivity contribution in [3.05, 3.63) is 21.0 Å². The van der Waals surface area contributed by atoms with Gasteiger partial charge in [-0.15, -0.1) is 0 Å². The van der Waals surface area contributed by atoms with Crippen molar-refractivity contribution in [3.8, 4) is 0 Å². The molecule has 2 aliphatic rings. The van der Waals surface area contributed by atoms with Crippen LogP contribution in [0.25, 0.3) is 0 Å². The molecule has 1 fully saturated rings. The van der Waals surface area contributed by atoms with Gasteiger partial charge in [-0.3, -0.25) is 4.79 Å². The molecule has 4 heteroatoms. The fourth-order valence-electron chi connectivity index (χ4n) is 1.32. The highest BCUT2D eigenvalue weighted by atomic mass is 127. The molecule has 0 aromatic carbocycles. The molecule has 2 heterocycles. The van der Waals surface area contributed by atoms with Gasteiger partial charge in [0.2, 0.25) is 5.91 Å². The minimum absolute atomic E-state index is 0.00723. The van der Waals surface area contributed by atoms with E-state index in [1.165, 1.54) is 9.28 Å². The van der Waals surface area contributed by atoms with Crippen molar-refractivity contribution in [3.63, 3.8) is 0 Å². The van der Waals surface area contributed by atoms with Crippen molar-refractivity contribution in [2.75, 3.05) is 0 Å². The van der Waals surface area contributed by atoms with Gasteiger partial charge in [0.1, 0.15) is 0 Å². The molecule has 0 aromatic rings. The summed E-state index contributed by atoms with van der Waals surface area (Å²) in [4.78, 5) is 11.0. The molecule has 0 aliphatic carbocycles. The van der Waals surface area contributed by atoms with Crippen molar-refractivity contribution < 1.29 is 10.5 Å². The zero-order valence-electron chi connectivity index (χ0n) is 6.56. The molecule has 0 bridgehead atoms. The van der Waals surface area contributed by atoms with E-state index in [-0.39, 0.29) is 26.6 Å². The zero-order chi connectivity index (χ0) is 8.55. The second-order valence-electron chi connectivity index (χ2n) is 2.75. The smallest absolute Gasteiger partial charge is 0.224 e. The molecule has 1 amide bonds. The van der Waals surface area contributed by atoms with Crippen molar-refractivity contribution in [2.45, 2.75) is 12.8 Å². The number of hydrogen-bond donors (Lipinski definition) is 2. The fourth-order valence-corrected chi connectivity index (χ4v) is 3.23. The molecule has 0 aromatic heterocycles. The van der Waals surface area contributed by atoms with Crippen LogP contribution in [0.1, 0.15) is 12.8 Å². The van der Waals surface area contributed by atoms with E-state index in [0.29, 0.717) is 6.42 Å². The summed E-state index contributed by atoms with van der Waals surface area (Å²) in [6, 6.07) is 0. The second-order valence-corrected chi connectivity index (χ2v) is 5.39. The Balaban J connectivity index is 2.38. The van der Waals surface area contributed by atoms with Gasteiger partial charge in [-0.2, -0.15) is 0 Å². The molecule has 1 saturated heterocycles. The Morgan fingerprint density at radius 3 is 3.17 bits per heavy atom. The second kappa shape index (κ2) is 3.10. The van der Waals surface area contributed by atoms with Crippen LogP contribution in [0.3, 0.4) is 0 Å². The third-order valence-electron chi connectivity index (χ3n) is 1.95. The van der Waals surface area contributed by atoms with E-state index in [0.717, 1.165) is 12.1 Å². The zero-order valence-corrected chi connectivity index (χ0v) is 8.72. The predicted molar refractivity (Wildman–Crippen MR) is 55.5 cm³/mol. The number of piperidine rings is 1. The topological polar surface area (TPSA) is 56.7 Å². The number of halogens is 1. The van der Waals surface area contributed by atoms with Crippen molar-refractivity contribution >= 4 is 30.6 Å². The standard InChI is InChI=1S/C8H9IN2O/c10-8-5-1-2-7(12)11-6(5)3-4-9-8/h3-4H,1-2,10H2,(H,11,12)/p+1. The molecule has 2 aliphatic heterocycles. The third kappa shape index (κ3) is 1.36. The maximum absolute atomic E-state index is 11.0. The number of quaternary nitrogens is 1. The molecule has 0 unspecified atom stereocenters. The van der Waals surface area contributed by atoms with Gasteiger partial charge in [0.25, 0.3) is 0 Å². The normalized spacial score (nSPS) is 22.4. The largest absolute Gasteiger partial charge is 0.326 e. The summed E-state index contributed by atoms with van der Waals surface area (Å²) in [6.07, 6.45) is 3.52. The van der Waals surface area contributed by atoms with Crippen molar-refractivity contribution in [1.29, 1.82) is 0 Å². The first kappa shape index (κ1) is 8.12. The monoisotopic (exact) mass is 277 g/mol. The molecule has 4 N–H and O–H groups in total. The van der Waals surface area contributed by atoms with Crippen LogP contribution in [-0.2, 0) is 4.79 Å². The SMILES string of the molecule is [NH3+]C1=C2CCC(=O)NC2=CC=I1. The Hall–Kier alpha value is -0.490. The van der Waals surface area contributed by atoms with Crippen LogP contribution < -0.4 is 11.1 Å². The first-order chi connectivity index (χ1) is 5.77. The number of amides is 1. The van der Waals surface area contributed by atoms with E-state index in [2.05, 4.69) is 15.1 Å². The molecule has 0 saturated carbocycles. The fraction of sp³-hybridized carbons (Fsp3) is 0.250. The van der Waals surface area contributed by atoms with Crippen LogP contribution in [0.2, 0.25) is 0 Å². The highest BCUT2D eigenvalue weighted by Crippen LogP contribution is 2.27. The summed E-state index contributed by atoms with van der Waals surface area (Å²) in [5.41, 5.74) is 6.28. The average molecular weight is 277 g/mol. The minimum atomic E-state index is 0.00723. The summed E-state index contributed by atoms with van der Waals surface area (Å²) in [5.74, 6) is 0.131. The Morgan fingerprint density at radius 1 is 1.50 bits per heavy atom. The summed E-state index contributed by atoms with van der Waals surface area (Å²) in [5, 5.41) is 2.86. The maximum atomic E-state index is 11.0. The van der Waals surface area contributed by atoms with E-state index in [9.17, 15) is 4.79 Å². The highest BCUT2D eigenvalue weighted by molar-refractivity contribution is 14.2. The minimum Gasteiger partial charge on any atom is -0.326 e. The van der Waals surface area contributed by atoms with Crippen LogP contribution in [0, 0.1) is 0 Å². The van der Waals surface area contributed by atoms with Crippen LogP contribution in [0.4, 0.5) is 0 Å². The van der Waals surface area contributed by atoms with Crippen molar-refractivity contribution in [2.24, 2.45) is 0 Å². The molecular weight excluding hydrogens is 267 g/mol. The highest BCUT2D eigenvalue weighted by Gasteiger charge is 2.21. The van der Waals surface area contributed by atoms with E-state index in [1.807, 2.05) is 6.08 Å². The number of allylic oxidation sites excluding steroid dienone is 2. The van der Waals surface area contributed by atoms with Gasteiger partial charge in [-0.1, -0.05) is 0 Å². The Kier molecular flexibility index (Phi) is 2.10. The first-order valence-electron chi connectivity index (χ1n) is 3.79. The quantitative estimate of drug-likeness (QED) is 0.476. The van der Waals surface area contributed by atoms with Crippen LogP contribution in [-0.4, -0.2) is 9.92 Å². The van der Waals surface area contributed by atoms with Gasteiger partial charge in [0, 0.05) is 12.0 Å². The van der Waals surface area contributed by atoms with E-state index >= 15 is 0 Å². The molecule has 0 spiro atoms. The lowest BCUT2D eigenvalue weighted by molar-refractivity contribution is -0.281. The molecule has 0 radical (unpaired) electrons. The number of rotatable bonds is 0. The number of carbonyl (C=O) groups excluding carboxylic acids is 1. The summed E-state index contributed by atoms with van der Waals surface area (Å²) < 4.78 is 3.40. The Labute approximate surface area is 80.4 Å². The van der Waals surface area contributed by atoms with Gasteiger partial charge in [0.15, 0.2) is 3.70 Å². The molecular formula is C8H10IN2O+. The van der Waals surface area contributed by atoms with Gasteiger partial charge < -0.3 is 11.1 Å². The van der Waals surface area contributed by atoms with Crippen LogP contribution in [0.15, 0.2) is 21.0 Å². The Morgan fingerprint density at radius 2 is 2.33 bits per heavy atom. The molecule has 2 rings (SSSR count). The van der Waals surface area contributed by atoms with Crippen LogP contribution >= 0.6 is 20.7 Å². The Bertz CT molecular complexity index is 328. The number of fused-ring (bicyclic) bond motifs is 1. The van der Waals surface area contributed by atoms with E-state index in [1.54, 1.807) is 0 Å². The van der Waals surface area contributed by atoms with Gasteiger partial charge in [0.05, 0.1) is 5.70 Å². The maximum Gasteiger partial charge on any atom is 0.224 e. The van der Waals surface area contributed by atoms with Crippen molar-refractivity contribution in [1.82, 2.24) is 5.32 Å². The van der Waals surface area contributed by atoms with Crippen LogP contribution in [0.5, 0.6) is 0 Å². The van der Waals surface area contributed by atoms with Gasteiger partial charge in [-0.05, 0) is 37.2 Å². The van der Waals surface area contributed by atoms with E-state index in [4.69, 9.17) is 0 Å². The predicted octanol–water partition coefficient (Wildman–Crippen LogP) is 0.0203. The average Bonchev–Trinajstić information content (AvgIpc) is 2.04. The van der Waals surface area contributed by atoms with Gasteiger partial charge in [-0.25, -0.2) is 0 Å². The molecule has 64 valence electrons. The molecule has 3 nitrogen and oxygen atoms in total. The number of nitrogens with one attached hydrogen (secondary N) is 1. The van der Waals surface area contributed by atoms with Gasteiger partial charge >= 0.3 is 0 Å². The lowest BCUT2D eigenvalue weighted by Crippen LogP contribution is -2.47. The first-order valence-corrected chi connectivity index (χ1v) is 6.12. The molecule has 12 heavy (non-hydrogen) atoms. The number of carbonyl (C=O) groups is 1. The summed E-state index contributed by atoms with van der Waals surface area (Å²) in [7, 11) is 0.